The van der Waals surface area contributed by atoms with Crippen LogP contribution in [0.15, 0.2) is 22.9 Å². The third-order valence-electron chi connectivity index (χ3n) is 4.37. The van der Waals surface area contributed by atoms with Crippen molar-refractivity contribution >= 4 is 16.9 Å². The van der Waals surface area contributed by atoms with E-state index >= 15 is 0 Å². The molecule has 0 unspecified atom stereocenters. The lowest BCUT2D eigenvalue weighted by Gasteiger charge is -2.23. The van der Waals surface area contributed by atoms with Crippen LogP contribution in [0, 0.1) is 11.6 Å². The minimum Gasteiger partial charge on any atom is -0.345 e. The molecule has 0 N–H and O–H groups in total. The molecule has 130 valence electrons. The van der Waals surface area contributed by atoms with E-state index in [2.05, 4.69) is 20.1 Å². The molecule has 2 aromatic heterocycles. The van der Waals surface area contributed by atoms with Crippen molar-refractivity contribution in [2.24, 2.45) is 0 Å². The number of aromatic nitrogens is 4. The number of anilines is 1. The summed E-state index contributed by atoms with van der Waals surface area (Å²) in [6.07, 6.45) is 3.39. The first-order valence-corrected chi connectivity index (χ1v) is 8.25. The Morgan fingerprint density at radius 3 is 2.64 bits per heavy atom. The maximum atomic E-state index is 13.5. The Hall–Kier alpha value is -2.64. The molecule has 25 heavy (non-hydrogen) atoms. The van der Waals surface area contributed by atoms with Gasteiger partial charge in [0.1, 0.15) is 5.82 Å². The van der Waals surface area contributed by atoms with E-state index in [0.717, 1.165) is 31.5 Å². The van der Waals surface area contributed by atoms with Gasteiger partial charge in [0.25, 0.3) is 0 Å². The van der Waals surface area contributed by atoms with Gasteiger partial charge in [0, 0.05) is 24.6 Å². The number of nitrogens with zero attached hydrogens (tertiary/aromatic N) is 5. The van der Waals surface area contributed by atoms with Gasteiger partial charge in [-0.25, -0.2) is 13.8 Å². The maximum Gasteiger partial charge on any atom is 0.229 e. The van der Waals surface area contributed by atoms with Crippen molar-refractivity contribution in [3.05, 3.63) is 41.7 Å². The molecule has 3 heterocycles. The van der Waals surface area contributed by atoms with Gasteiger partial charge in [-0.2, -0.15) is 4.98 Å². The van der Waals surface area contributed by atoms with Gasteiger partial charge in [-0.3, -0.25) is 4.98 Å². The zero-order valence-electron chi connectivity index (χ0n) is 13.9. The molecular formula is C17H17F2N5O. The number of rotatable bonds is 3. The predicted octanol–water partition coefficient (Wildman–Crippen LogP) is 3.76. The molecule has 3 aromatic rings. The summed E-state index contributed by atoms with van der Waals surface area (Å²) >= 11 is 0. The van der Waals surface area contributed by atoms with Gasteiger partial charge >= 0.3 is 0 Å². The van der Waals surface area contributed by atoms with Gasteiger partial charge in [-0.1, -0.05) is 19.0 Å². The molecule has 1 aromatic carbocycles. The molecule has 0 saturated carbocycles. The fourth-order valence-corrected chi connectivity index (χ4v) is 3.06. The van der Waals surface area contributed by atoms with Gasteiger partial charge in [-0.05, 0) is 12.8 Å². The quantitative estimate of drug-likeness (QED) is 0.720. The molecule has 1 atom stereocenters. The van der Waals surface area contributed by atoms with Crippen molar-refractivity contribution in [2.75, 3.05) is 11.4 Å². The Bertz CT molecular complexity index is 927. The van der Waals surface area contributed by atoms with Crippen LogP contribution in [0.2, 0.25) is 0 Å². The van der Waals surface area contributed by atoms with Crippen molar-refractivity contribution in [3.63, 3.8) is 0 Å². The van der Waals surface area contributed by atoms with Crippen molar-refractivity contribution in [2.45, 2.75) is 38.6 Å². The van der Waals surface area contributed by atoms with Gasteiger partial charge in [0.05, 0.1) is 23.3 Å². The summed E-state index contributed by atoms with van der Waals surface area (Å²) in [6, 6.07) is 2.06. The summed E-state index contributed by atoms with van der Waals surface area (Å²) in [4.78, 5) is 15.2. The van der Waals surface area contributed by atoms with E-state index in [4.69, 9.17) is 4.52 Å². The molecule has 0 spiro atoms. The van der Waals surface area contributed by atoms with Gasteiger partial charge in [0.15, 0.2) is 17.5 Å². The second-order valence-corrected chi connectivity index (χ2v) is 6.48. The normalized spacial score (nSPS) is 17.8. The second kappa shape index (κ2) is 6.02. The van der Waals surface area contributed by atoms with E-state index in [1.54, 1.807) is 6.20 Å². The van der Waals surface area contributed by atoms with E-state index in [1.807, 2.05) is 18.7 Å². The fraction of sp³-hybridized carbons (Fsp3) is 0.412. The van der Waals surface area contributed by atoms with Crippen molar-refractivity contribution in [3.8, 4) is 0 Å². The molecule has 1 saturated heterocycles. The lowest BCUT2D eigenvalue weighted by Crippen LogP contribution is -2.24. The standard InChI is InChI=1S/C17H17F2N5O/c1-9(2)17-22-16(23-25-17)14-4-3-5-24(14)15-8-20-12-6-10(18)11(19)7-13(12)21-15/h6-9,14H,3-5H2,1-2H3/t14-/m0/s1. The van der Waals surface area contributed by atoms with Crippen LogP contribution in [0.3, 0.4) is 0 Å². The first kappa shape index (κ1) is 15.9. The van der Waals surface area contributed by atoms with Crippen molar-refractivity contribution in [1.82, 2.24) is 20.1 Å². The highest BCUT2D eigenvalue weighted by Crippen LogP contribution is 2.34. The highest BCUT2D eigenvalue weighted by Gasteiger charge is 2.31. The highest BCUT2D eigenvalue weighted by atomic mass is 19.2. The Kier molecular flexibility index (Phi) is 3.82. The lowest BCUT2D eigenvalue weighted by atomic mass is 10.2. The van der Waals surface area contributed by atoms with Gasteiger partial charge < -0.3 is 9.42 Å². The molecule has 0 amide bonds. The van der Waals surface area contributed by atoms with Crippen LogP contribution in [-0.2, 0) is 0 Å². The van der Waals surface area contributed by atoms with Crippen LogP contribution in [-0.4, -0.2) is 26.7 Å². The molecule has 1 aliphatic heterocycles. The van der Waals surface area contributed by atoms with Gasteiger partial charge in [-0.15, -0.1) is 0 Å². The second-order valence-electron chi connectivity index (χ2n) is 6.48. The van der Waals surface area contributed by atoms with E-state index < -0.39 is 11.6 Å². The minimum absolute atomic E-state index is 0.0618. The number of hydrogen-bond acceptors (Lipinski definition) is 6. The Balaban J connectivity index is 1.69. The predicted molar refractivity (Wildman–Crippen MR) is 87.2 cm³/mol. The number of benzene rings is 1. The highest BCUT2D eigenvalue weighted by molar-refractivity contribution is 5.75. The van der Waals surface area contributed by atoms with Crippen molar-refractivity contribution in [1.29, 1.82) is 0 Å². The van der Waals surface area contributed by atoms with Crippen LogP contribution >= 0.6 is 0 Å². The van der Waals surface area contributed by atoms with E-state index in [9.17, 15) is 8.78 Å². The lowest BCUT2D eigenvalue weighted by molar-refractivity contribution is 0.358. The summed E-state index contributed by atoms with van der Waals surface area (Å²) in [6.45, 7) is 4.75. The Labute approximate surface area is 142 Å². The largest absolute Gasteiger partial charge is 0.345 e. The summed E-state index contributed by atoms with van der Waals surface area (Å²) in [5.74, 6) is 0.113. The molecule has 4 rings (SSSR count). The van der Waals surface area contributed by atoms with Crippen LogP contribution in [0.4, 0.5) is 14.6 Å². The average molecular weight is 345 g/mol. The SMILES string of the molecule is CC(C)c1nc([C@@H]2CCCN2c2cnc3cc(F)c(F)cc3n2)no1. The fourth-order valence-electron chi connectivity index (χ4n) is 3.06. The van der Waals surface area contributed by atoms with Crippen molar-refractivity contribution < 1.29 is 13.3 Å². The average Bonchev–Trinajstić information content (AvgIpc) is 3.24. The summed E-state index contributed by atoms with van der Waals surface area (Å²) < 4.78 is 32.1. The first-order chi connectivity index (χ1) is 12.0. The minimum atomic E-state index is -0.934. The number of halogens is 2. The topological polar surface area (TPSA) is 67.9 Å². The van der Waals surface area contributed by atoms with Crippen LogP contribution < -0.4 is 4.90 Å². The zero-order valence-corrected chi connectivity index (χ0v) is 13.9. The third kappa shape index (κ3) is 2.81. The number of fused-ring (bicyclic) bond motifs is 1. The molecule has 0 aliphatic carbocycles. The summed E-state index contributed by atoms with van der Waals surface area (Å²) in [7, 11) is 0. The molecule has 0 radical (unpaired) electrons. The monoisotopic (exact) mass is 345 g/mol. The summed E-state index contributed by atoms with van der Waals surface area (Å²) in [5, 5.41) is 4.10. The Morgan fingerprint density at radius 2 is 1.92 bits per heavy atom. The van der Waals surface area contributed by atoms with E-state index in [-0.39, 0.29) is 12.0 Å². The molecule has 1 fully saturated rings. The van der Waals surface area contributed by atoms with E-state index in [0.29, 0.717) is 28.6 Å². The number of hydrogen-bond donors (Lipinski definition) is 0. The molecule has 8 heteroatoms. The first-order valence-electron chi connectivity index (χ1n) is 8.25. The van der Waals surface area contributed by atoms with Gasteiger partial charge in [0.2, 0.25) is 5.89 Å². The van der Waals surface area contributed by atoms with Crippen LogP contribution in [0.1, 0.15) is 50.4 Å². The van der Waals surface area contributed by atoms with Crippen LogP contribution in [0.5, 0.6) is 0 Å². The Morgan fingerprint density at radius 1 is 1.16 bits per heavy atom. The van der Waals surface area contributed by atoms with E-state index in [1.165, 1.54) is 0 Å². The third-order valence-corrected chi connectivity index (χ3v) is 4.37. The maximum absolute atomic E-state index is 13.5. The molecular weight excluding hydrogens is 328 g/mol. The molecule has 0 bridgehead atoms. The smallest absolute Gasteiger partial charge is 0.229 e. The van der Waals surface area contributed by atoms with Crippen LogP contribution in [0.25, 0.3) is 11.0 Å². The molecule has 6 nitrogen and oxygen atoms in total. The summed E-state index contributed by atoms with van der Waals surface area (Å²) in [5.41, 5.74) is 0.637. The zero-order chi connectivity index (χ0) is 17.6. The molecule has 1 aliphatic rings.